The number of thiophene rings is 1. The Morgan fingerprint density at radius 3 is 2.81 bits per heavy atom. The van der Waals surface area contributed by atoms with Crippen molar-refractivity contribution >= 4 is 38.9 Å². The van der Waals surface area contributed by atoms with Crippen LogP contribution in [0.5, 0.6) is 0 Å². The van der Waals surface area contributed by atoms with Gasteiger partial charge in [0, 0.05) is 23.7 Å². The van der Waals surface area contributed by atoms with Crippen molar-refractivity contribution < 1.29 is 14.0 Å². The van der Waals surface area contributed by atoms with E-state index in [2.05, 4.69) is 5.32 Å². The molecule has 1 heterocycles. The lowest BCUT2D eigenvalue weighted by Crippen LogP contribution is -2.37. The monoisotopic (exact) mass is 309 g/mol. The van der Waals surface area contributed by atoms with E-state index in [1.807, 2.05) is 6.92 Å². The van der Waals surface area contributed by atoms with Crippen LogP contribution in [-0.4, -0.2) is 36.9 Å². The number of hydrogen-bond donors (Lipinski definition) is 2. The number of carbonyl (C=O) groups excluding carboxylic acids is 2. The number of anilines is 1. The molecule has 0 radical (unpaired) electrons. The van der Waals surface area contributed by atoms with E-state index >= 15 is 0 Å². The molecule has 1 aromatic carbocycles. The molecule has 0 saturated heterocycles. The van der Waals surface area contributed by atoms with Crippen LogP contribution in [0.25, 0.3) is 10.1 Å². The zero-order valence-electron chi connectivity index (χ0n) is 11.8. The minimum Gasteiger partial charge on any atom is -0.397 e. The fourth-order valence-electron chi connectivity index (χ4n) is 1.81. The summed E-state index contributed by atoms with van der Waals surface area (Å²) < 4.78 is 13.9. The van der Waals surface area contributed by atoms with Gasteiger partial charge < -0.3 is 16.0 Å². The van der Waals surface area contributed by atoms with Crippen molar-refractivity contribution in [3.63, 3.8) is 0 Å². The molecule has 0 aliphatic heterocycles. The van der Waals surface area contributed by atoms with Gasteiger partial charge in [-0.25, -0.2) is 4.39 Å². The largest absolute Gasteiger partial charge is 0.397 e. The molecule has 0 aliphatic carbocycles. The number of hydrogen-bond acceptors (Lipinski definition) is 4. The first-order chi connectivity index (χ1) is 9.93. The lowest BCUT2D eigenvalue weighted by molar-refractivity contribution is -0.128. The summed E-state index contributed by atoms with van der Waals surface area (Å²) in [6.07, 6.45) is 0. The van der Waals surface area contributed by atoms with Crippen LogP contribution in [0.4, 0.5) is 10.1 Å². The van der Waals surface area contributed by atoms with Gasteiger partial charge in [0.25, 0.3) is 5.91 Å². The Morgan fingerprint density at radius 2 is 2.14 bits per heavy atom. The summed E-state index contributed by atoms with van der Waals surface area (Å²) >= 11 is 1.18. The topological polar surface area (TPSA) is 75.4 Å². The molecule has 0 bridgehead atoms. The third kappa shape index (κ3) is 3.13. The Bertz CT molecular complexity index is 699. The average molecular weight is 309 g/mol. The van der Waals surface area contributed by atoms with Gasteiger partial charge in [-0.15, -0.1) is 11.3 Å². The first-order valence-electron chi connectivity index (χ1n) is 6.43. The van der Waals surface area contributed by atoms with Crippen molar-refractivity contribution in [3.05, 3.63) is 28.9 Å². The third-order valence-electron chi connectivity index (χ3n) is 3.19. The van der Waals surface area contributed by atoms with Crippen molar-refractivity contribution in [3.8, 4) is 0 Å². The van der Waals surface area contributed by atoms with Gasteiger partial charge in [-0.05, 0) is 25.1 Å². The Kier molecular flexibility index (Phi) is 4.42. The summed E-state index contributed by atoms with van der Waals surface area (Å²) in [5, 5.41) is 3.05. The summed E-state index contributed by atoms with van der Waals surface area (Å²) in [5.41, 5.74) is 6.13. The van der Waals surface area contributed by atoms with Crippen molar-refractivity contribution in [2.75, 3.05) is 25.9 Å². The van der Waals surface area contributed by atoms with E-state index in [1.54, 1.807) is 13.1 Å². The number of fused-ring (bicyclic) bond motifs is 1. The summed E-state index contributed by atoms with van der Waals surface area (Å²) in [5.74, 6) is -1.01. The van der Waals surface area contributed by atoms with Crippen LogP contribution >= 0.6 is 11.3 Å². The number of nitrogens with two attached hydrogens (primary N) is 1. The maximum Gasteiger partial charge on any atom is 0.263 e. The van der Waals surface area contributed by atoms with Gasteiger partial charge in [-0.3, -0.25) is 9.59 Å². The Labute approximate surface area is 125 Å². The van der Waals surface area contributed by atoms with Crippen LogP contribution in [0.3, 0.4) is 0 Å². The minimum atomic E-state index is -0.424. The normalized spacial score (nSPS) is 10.6. The molecule has 2 aromatic rings. The van der Waals surface area contributed by atoms with Crippen LogP contribution in [0.15, 0.2) is 18.2 Å². The molecule has 112 valence electrons. The maximum absolute atomic E-state index is 13.2. The van der Waals surface area contributed by atoms with E-state index in [0.717, 1.165) is 4.70 Å². The van der Waals surface area contributed by atoms with E-state index in [-0.39, 0.29) is 18.1 Å². The fourth-order valence-corrected chi connectivity index (χ4v) is 2.82. The zero-order valence-corrected chi connectivity index (χ0v) is 12.6. The quantitative estimate of drug-likeness (QED) is 0.905. The second-order valence-electron chi connectivity index (χ2n) is 4.58. The second-order valence-corrected chi connectivity index (χ2v) is 5.63. The molecule has 0 fully saturated rings. The molecule has 2 rings (SSSR count). The number of nitrogens with zero attached hydrogens (tertiary/aromatic N) is 1. The number of nitrogens with one attached hydrogen (secondary N) is 1. The van der Waals surface area contributed by atoms with E-state index in [4.69, 9.17) is 5.73 Å². The molecule has 0 aliphatic rings. The average Bonchev–Trinajstić information content (AvgIpc) is 2.80. The van der Waals surface area contributed by atoms with Crippen LogP contribution < -0.4 is 11.1 Å². The molecule has 5 nitrogen and oxygen atoms in total. The van der Waals surface area contributed by atoms with Gasteiger partial charge in [0.2, 0.25) is 5.91 Å². The molecule has 0 saturated carbocycles. The number of amides is 2. The molecular weight excluding hydrogens is 293 g/mol. The lowest BCUT2D eigenvalue weighted by atomic mass is 10.2. The van der Waals surface area contributed by atoms with Crippen LogP contribution in [-0.2, 0) is 4.79 Å². The highest BCUT2D eigenvalue weighted by Crippen LogP contribution is 2.33. The highest BCUT2D eigenvalue weighted by atomic mass is 32.1. The van der Waals surface area contributed by atoms with Crippen molar-refractivity contribution in [2.24, 2.45) is 0 Å². The first-order valence-corrected chi connectivity index (χ1v) is 7.25. The summed E-state index contributed by atoms with van der Waals surface area (Å²) in [7, 11) is 1.66. The predicted octanol–water partition coefficient (Wildman–Crippen LogP) is 1.83. The smallest absolute Gasteiger partial charge is 0.263 e. The molecule has 3 N–H and O–H groups in total. The van der Waals surface area contributed by atoms with E-state index in [9.17, 15) is 14.0 Å². The number of carbonyl (C=O) groups is 2. The Morgan fingerprint density at radius 1 is 1.43 bits per heavy atom. The zero-order chi connectivity index (χ0) is 15.6. The molecule has 7 heteroatoms. The highest BCUT2D eigenvalue weighted by Gasteiger charge is 2.18. The number of rotatable bonds is 4. The van der Waals surface area contributed by atoms with E-state index in [0.29, 0.717) is 16.8 Å². The minimum absolute atomic E-state index is 0.0920. The lowest BCUT2D eigenvalue weighted by Gasteiger charge is -2.14. The maximum atomic E-state index is 13.2. The molecule has 1 aromatic heterocycles. The van der Waals surface area contributed by atoms with Crippen LogP contribution in [0.2, 0.25) is 0 Å². The van der Waals surface area contributed by atoms with Crippen molar-refractivity contribution in [2.45, 2.75) is 6.92 Å². The number of halogens is 1. The van der Waals surface area contributed by atoms with Crippen molar-refractivity contribution in [1.82, 2.24) is 10.2 Å². The fraction of sp³-hybridized carbons (Fsp3) is 0.286. The second kappa shape index (κ2) is 6.09. The number of benzene rings is 1. The first kappa shape index (κ1) is 15.2. The van der Waals surface area contributed by atoms with Gasteiger partial charge in [-0.1, -0.05) is 0 Å². The van der Waals surface area contributed by atoms with Gasteiger partial charge in [0.1, 0.15) is 10.7 Å². The SMILES string of the molecule is CCN(C)C(=O)CNC(=O)c1sc2ccc(F)cc2c1N. The van der Waals surface area contributed by atoms with Crippen molar-refractivity contribution in [1.29, 1.82) is 0 Å². The molecule has 0 atom stereocenters. The number of nitrogen functional groups attached to an aromatic ring is 1. The summed E-state index contributed by atoms with van der Waals surface area (Å²) in [6.45, 7) is 2.32. The van der Waals surface area contributed by atoms with Gasteiger partial charge in [0.05, 0.1) is 12.2 Å². The molecule has 0 unspecified atom stereocenters. The highest BCUT2D eigenvalue weighted by molar-refractivity contribution is 7.21. The summed E-state index contributed by atoms with van der Waals surface area (Å²) in [6, 6.07) is 4.20. The predicted molar refractivity (Wildman–Crippen MR) is 81.8 cm³/mol. The molecule has 0 spiro atoms. The Balaban J connectivity index is 2.16. The Hall–Kier alpha value is -2.15. The van der Waals surface area contributed by atoms with Gasteiger partial charge >= 0.3 is 0 Å². The number of likely N-dealkylation sites (N-methyl/N-ethyl adjacent to an activating group) is 1. The van der Waals surface area contributed by atoms with Gasteiger partial charge in [0.15, 0.2) is 0 Å². The molecule has 21 heavy (non-hydrogen) atoms. The van der Waals surface area contributed by atoms with E-state index in [1.165, 1.54) is 28.4 Å². The van der Waals surface area contributed by atoms with Crippen LogP contribution in [0, 0.1) is 5.82 Å². The standard InChI is InChI=1S/C14H16FN3O2S/c1-3-18(2)11(19)7-17-14(20)13-12(16)9-6-8(15)4-5-10(9)21-13/h4-6H,3,7,16H2,1-2H3,(H,17,20). The van der Waals surface area contributed by atoms with E-state index < -0.39 is 11.7 Å². The van der Waals surface area contributed by atoms with Crippen LogP contribution in [0.1, 0.15) is 16.6 Å². The molecule has 2 amide bonds. The molecular formula is C14H16FN3O2S. The summed E-state index contributed by atoms with van der Waals surface area (Å²) in [4.78, 5) is 25.5. The van der Waals surface area contributed by atoms with Gasteiger partial charge in [-0.2, -0.15) is 0 Å². The third-order valence-corrected chi connectivity index (χ3v) is 4.38.